The van der Waals surface area contributed by atoms with Crippen molar-refractivity contribution in [2.24, 2.45) is 0 Å². The Labute approximate surface area is 278 Å². The molecule has 0 spiro atoms. The summed E-state index contributed by atoms with van der Waals surface area (Å²) in [7, 11) is 0. The molecule has 0 aromatic heterocycles. The molecule has 0 aliphatic rings. The average Bonchev–Trinajstić information content (AvgIpc) is 2.95. The number of hydrogen-bond donors (Lipinski definition) is 4. The van der Waals surface area contributed by atoms with E-state index in [-0.39, 0.29) is 31.7 Å². The molecule has 6 nitrogen and oxygen atoms in total. The maximum Gasteiger partial charge on any atom is 0.303 e. The Hall–Kier alpha value is -1.04. The molecule has 0 radical (unpaired) electrons. The number of aliphatic hydroxyl groups is 2. The van der Waals surface area contributed by atoms with Crippen molar-refractivity contribution in [1.82, 2.24) is 0 Å². The van der Waals surface area contributed by atoms with E-state index in [9.17, 15) is 19.8 Å². The number of unbranched alkanes of at least 4 members (excludes halogenated alkanes) is 16. The van der Waals surface area contributed by atoms with E-state index in [1.807, 2.05) is 0 Å². The number of aliphatic hydroxyl groups excluding tert-OH is 2. The van der Waals surface area contributed by atoms with Gasteiger partial charge in [-0.2, -0.15) is 0 Å². The van der Waals surface area contributed by atoms with Gasteiger partial charge in [0.15, 0.2) is 0 Å². The van der Waals surface area contributed by atoms with Crippen molar-refractivity contribution in [3.63, 3.8) is 0 Å². The Morgan fingerprint density at radius 3 is 1.16 bits per heavy atom. The van der Waals surface area contributed by atoms with Gasteiger partial charge in [-0.3, -0.25) is 9.59 Å². The smallest absolute Gasteiger partial charge is 0.303 e. The van der Waals surface area contributed by atoms with Crippen molar-refractivity contribution in [2.75, 3.05) is 0 Å². The average molecular weight is 662 g/mol. The van der Waals surface area contributed by atoms with Crippen LogP contribution in [-0.4, -0.2) is 44.6 Å². The van der Waals surface area contributed by atoms with E-state index in [2.05, 4.69) is 38.2 Å². The molecule has 0 heterocycles. The molecule has 4 N–H and O–H groups in total. The topological polar surface area (TPSA) is 115 Å². The quantitative estimate of drug-likeness (QED) is 0.0346. The van der Waals surface area contributed by atoms with E-state index in [0.29, 0.717) is 12.8 Å². The third kappa shape index (κ3) is 45.5. The van der Waals surface area contributed by atoms with Crippen LogP contribution in [0.2, 0.25) is 0 Å². The van der Waals surface area contributed by atoms with Crippen molar-refractivity contribution in [3.8, 4) is 0 Å². The zero-order valence-electron chi connectivity index (χ0n) is 28.2. The molecule has 0 bridgehead atoms. The molecular weight excluding hydrogens is 594 g/mol. The molecule has 0 aromatic carbocycles. The fraction of sp³-hybridized carbons (Fsp3) is 0.833. The van der Waals surface area contributed by atoms with Gasteiger partial charge in [-0.15, -0.1) is 0 Å². The van der Waals surface area contributed by atoms with Gasteiger partial charge in [0.1, 0.15) is 0 Å². The van der Waals surface area contributed by atoms with Crippen LogP contribution in [0.25, 0.3) is 0 Å². The van der Waals surface area contributed by atoms with E-state index >= 15 is 0 Å². The summed E-state index contributed by atoms with van der Waals surface area (Å²) in [6.07, 6.45) is 34.7. The minimum Gasteiger partial charge on any atom is -0.481 e. The van der Waals surface area contributed by atoms with Gasteiger partial charge in [-0.05, 0) is 64.2 Å². The van der Waals surface area contributed by atoms with Gasteiger partial charge in [0.2, 0.25) is 0 Å². The predicted molar refractivity (Wildman–Crippen MR) is 177 cm³/mol. The van der Waals surface area contributed by atoms with Gasteiger partial charge >= 0.3 is 11.9 Å². The molecule has 0 rings (SSSR count). The van der Waals surface area contributed by atoms with Crippen molar-refractivity contribution >= 4 is 11.9 Å². The Balaban J connectivity index is -0.000000727. The number of aliphatic carboxylic acids is 2. The van der Waals surface area contributed by atoms with Crippen molar-refractivity contribution in [1.29, 1.82) is 0 Å². The molecular formula is C36H68O6Zn. The Kier molecular flexibility index (Phi) is 42.1. The summed E-state index contributed by atoms with van der Waals surface area (Å²) in [5.74, 6) is -1.38. The first-order chi connectivity index (χ1) is 20.3. The van der Waals surface area contributed by atoms with E-state index in [0.717, 1.165) is 103 Å². The second kappa shape index (κ2) is 39.0. The molecule has 43 heavy (non-hydrogen) atoms. The summed E-state index contributed by atoms with van der Waals surface area (Å²) in [5, 5.41) is 36.6. The van der Waals surface area contributed by atoms with Gasteiger partial charge < -0.3 is 20.4 Å². The van der Waals surface area contributed by atoms with Gasteiger partial charge in [0.25, 0.3) is 0 Å². The number of hydrogen-bond acceptors (Lipinski definition) is 4. The summed E-state index contributed by atoms with van der Waals surface area (Å²) < 4.78 is 0. The van der Waals surface area contributed by atoms with E-state index in [1.165, 1.54) is 51.4 Å². The Morgan fingerprint density at radius 2 is 0.814 bits per heavy atom. The molecule has 0 saturated heterocycles. The summed E-state index contributed by atoms with van der Waals surface area (Å²) in [4.78, 5) is 20.7. The van der Waals surface area contributed by atoms with Crippen LogP contribution in [0.3, 0.4) is 0 Å². The standard InChI is InChI=1S/2C18H34O3.Zn/c2*1-2-3-4-11-14-17(19)15-12-9-7-5-6-8-10-13-16-18(20)21;/h2*9,12,17,19H,2-8,10-11,13-16H2,1H3,(H,20,21);/b2*12-9-;/t2*17-;/m11./s1. The van der Waals surface area contributed by atoms with Crippen LogP contribution in [0.1, 0.15) is 181 Å². The van der Waals surface area contributed by atoms with Gasteiger partial charge in [-0.25, -0.2) is 0 Å². The summed E-state index contributed by atoms with van der Waals surface area (Å²) in [6, 6.07) is 0. The summed E-state index contributed by atoms with van der Waals surface area (Å²) in [6.45, 7) is 4.40. The minimum absolute atomic E-state index is 0. The zero-order chi connectivity index (χ0) is 31.5. The minimum atomic E-state index is -0.689. The predicted octanol–water partition coefficient (Wildman–Crippen LogP) is 10.2. The molecule has 0 aliphatic heterocycles. The van der Waals surface area contributed by atoms with Crippen LogP contribution in [0, 0.1) is 0 Å². The second-order valence-corrected chi connectivity index (χ2v) is 11.8. The fourth-order valence-electron chi connectivity index (χ4n) is 4.73. The fourth-order valence-corrected chi connectivity index (χ4v) is 4.73. The van der Waals surface area contributed by atoms with Crippen molar-refractivity contribution in [3.05, 3.63) is 24.3 Å². The van der Waals surface area contributed by atoms with Crippen LogP contribution in [0.15, 0.2) is 24.3 Å². The van der Waals surface area contributed by atoms with Crippen LogP contribution >= 0.6 is 0 Å². The molecule has 250 valence electrons. The zero-order valence-corrected chi connectivity index (χ0v) is 31.1. The van der Waals surface area contributed by atoms with E-state index in [4.69, 9.17) is 10.2 Å². The first kappa shape index (κ1) is 46.4. The number of rotatable bonds is 30. The molecule has 0 aromatic rings. The third-order valence-electron chi connectivity index (χ3n) is 7.45. The number of carboxylic acids is 2. The molecule has 7 heteroatoms. The molecule has 0 saturated carbocycles. The van der Waals surface area contributed by atoms with Gasteiger partial charge in [0.05, 0.1) is 12.2 Å². The third-order valence-corrected chi connectivity index (χ3v) is 7.45. The Morgan fingerprint density at radius 1 is 0.488 bits per heavy atom. The largest absolute Gasteiger partial charge is 0.481 e. The molecule has 0 amide bonds. The maximum atomic E-state index is 10.3. The normalized spacial score (nSPS) is 12.6. The summed E-state index contributed by atoms with van der Waals surface area (Å²) >= 11 is 0. The number of carbonyl (C=O) groups is 2. The summed E-state index contributed by atoms with van der Waals surface area (Å²) in [5.41, 5.74) is 0. The number of carboxylic acid groups (broad SMARTS) is 2. The SMILES string of the molecule is CCCCCC[C@@H](O)C/C=C\CCCCCCCC(=O)O.CCCCCC[C@@H](O)C/C=C\CCCCCCCC(=O)O.[Zn]. The maximum absolute atomic E-state index is 10.3. The van der Waals surface area contributed by atoms with Crippen LogP contribution in [0.4, 0.5) is 0 Å². The number of allylic oxidation sites excluding steroid dienone is 2. The van der Waals surface area contributed by atoms with E-state index in [1.54, 1.807) is 0 Å². The van der Waals surface area contributed by atoms with Crippen LogP contribution in [-0.2, 0) is 29.1 Å². The van der Waals surface area contributed by atoms with E-state index < -0.39 is 11.9 Å². The first-order valence-electron chi connectivity index (χ1n) is 17.4. The monoisotopic (exact) mass is 660 g/mol. The molecule has 2 atom stereocenters. The molecule has 0 aliphatic carbocycles. The van der Waals surface area contributed by atoms with Crippen LogP contribution in [0.5, 0.6) is 0 Å². The van der Waals surface area contributed by atoms with Gasteiger partial charge in [-0.1, -0.05) is 128 Å². The van der Waals surface area contributed by atoms with Crippen LogP contribution < -0.4 is 0 Å². The Bertz CT molecular complexity index is 583. The second-order valence-electron chi connectivity index (χ2n) is 11.8. The molecule has 0 fully saturated rings. The van der Waals surface area contributed by atoms with Crippen molar-refractivity contribution in [2.45, 2.75) is 193 Å². The van der Waals surface area contributed by atoms with Gasteiger partial charge in [0, 0.05) is 32.3 Å². The van der Waals surface area contributed by atoms with Crippen molar-refractivity contribution < 1.29 is 49.5 Å². The molecule has 0 unspecified atom stereocenters. The first-order valence-corrected chi connectivity index (χ1v) is 17.4.